The number of hydrogen-bond donors (Lipinski definition) is 1. The largest absolute Gasteiger partial charge is 0.359 e. The minimum absolute atomic E-state index is 0.117. The van der Waals surface area contributed by atoms with Crippen LogP contribution >= 0.6 is 23.2 Å². The van der Waals surface area contributed by atoms with Gasteiger partial charge in [0.1, 0.15) is 0 Å². The zero-order valence-electron chi connectivity index (χ0n) is 8.30. The lowest BCUT2D eigenvalue weighted by Crippen LogP contribution is -2.13. The molecule has 0 saturated carbocycles. The lowest BCUT2D eigenvalue weighted by molar-refractivity contribution is 0.101. The first-order valence-corrected chi connectivity index (χ1v) is 5.28. The molecule has 0 aliphatic heterocycles. The van der Waals surface area contributed by atoms with Gasteiger partial charge in [0.25, 0.3) is 0 Å². The number of fused-ring (bicyclic) bond motifs is 1. The van der Waals surface area contributed by atoms with Gasteiger partial charge in [-0.25, -0.2) is 0 Å². The molecule has 1 N–H and O–H groups in total. The summed E-state index contributed by atoms with van der Waals surface area (Å²) in [5.74, 6) is -0.283. The van der Waals surface area contributed by atoms with Gasteiger partial charge in [-0.05, 0) is 19.1 Å². The molecule has 0 atom stereocenters. The first kappa shape index (κ1) is 11.2. The molecule has 2 rings (SSSR count). The van der Waals surface area contributed by atoms with Crippen molar-refractivity contribution in [1.82, 2.24) is 4.98 Å². The van der Waals surface area contributed by atoms with E-state index < -0.39 is 0 Å². The Kier molecular flexibility index (Phi) is 2.74. The zero-order valence-corrected chi connectivity index (χ0v) is 9.82. The predicted octanol–water partition coefficient (Wildman–Crippen LogP) is 3.04. The van der Waals surface area contributed by atoms with Gasteiger partial charge in [0.05, 0.1) is 21.1 Å². The van der Waals surface area contributed by atoms with Crippen molar-refractivity contribution in [2.75, 3.05) is 0 Å². The zero-order chi connectivity index (χ0) is 11.9. The summed E-state index contributed by atoms with van der Waals surface area (Å²) in [5.41, 5.74) is 0.231. The molecule has 3 nitrogen and oxygen atoms in total. The maximum Gasteiger partial charge on any atom is 0.200 e. The summed E-state index contributed by atoms with van der Waals surface area (Å²) in [6.07, 6.45) is 1.36. The van der Waals surface area contributed by atoms with Gasteiger partial charge in [-0.3, -0.25) is 9.59 Å². The average molecular weight is 256 g/mol. The summed E-state index contributed by atoms with van der Waals surface area (Å²) in [6.45, 7) is 1.34. The van der Waals surface area contributed by atoms with E-state index >= 15 is 0 Å². The van der Waals surface area contributed by atoms with Crippen LogP contribution < -0.4 is 5.43 Å². The van der Waals surface area contributed by atoms with Crippen LogP contribution in [-0.2, 0) is 0 Å². The van der Waals surface area contributed by atoms with Gasteiger partial charge < -0.3 is 4.98 Å². The summed E-state index contributed by atoms with van der Waals surface area (Å²) in [6, 6.07) is 3.08. The lowest BCUT2D eigenvalue weighted by atomic mass is 10.1. The Hall–Kier alpha value is -1.32. The summed E-state index contributed by atoms with van der Waals surface area (Å²) in [7, 11) is 0. The number of ketones is 1. The predicted molar refractivity (Wildman–Crippen MR) is 64.6 cm³/mol. The van der Waals surface area contributed by atoms with Gasteiger partial charge in [-0.2, -0.15) is 0 Å². The van der Waals surface area contributed by atoms with Crippen LogP contribution in [0.5, 0.6) is 0 Å². The highest BCUT2D eigenvalue weighted by Crippen LogP contribution is 2.27. The van der Waals surface area contributed by atoms with E-state index in [4.69, 9.17) is 23.2 Å². The van der Waals surface area contributed by atoms with E-state index in [1.54, 1.807) is 6.07 Å². The average Bonchev–Trinajstić information content (AvgIpc) is 2.23. The van der Waals surface area contributed by atoms with Crippen LogP contribution in [0.3, 0.4) is 0 Å². The van der Waals surface area contributed by atoms with Crippen LogP contribution in [0.25, 0.3) is 10.9 Å². The first-order chi connectivity index (χ1) is 7.52. The van der Waals surface area contributed by atoms with Crippen LogP contribution in [0.2, 0.25) is 10.0 Å². The van der Waals surface area contributed by atoms with Gasteiger partial charge >= 0.3 is 0 Å². The van der Waals surface area contributed by atoms with E-state index in [2.05, 4.69) is 4.98 Å². The minimum Gasteiger partial charge on any atom is -0.359 e. The van der Waals surface area contributed by atoms with E-state index in [0.29, 0.717) is 15.9 Å². The number of carbonyl (C=O) groups excluding carboxylic acids is 1. The number of aromatic amines is 1. The van der Waals surface area contributed by atoms with E-state index in [1.807, 2.05) is 0 Å². The number of halogens is 2. The maximum absolute atomic E-state index is 11.9. The number of rotatable bonds is 1. The van der Waals surface area contributed by atoms with Gasteiger partial charge in [-0.1, -0.05) is 23.2 Å². The molecule has 0 spiro atoms. The van der Waals surface area contributed by atoms with Crippen LogP contribution in [-0.4, -0.2) is 10.8 Å². The number of carbonyl (C=O) groups is 1. The van der Waals surface area contributed by atoms with E-state index in [-0.39, 0.29) is 21.8 Å². The summed E-state index contributed by atoms with van der Waals surface area (Å²) < 4.78 is 0. The molecule has 1 aromatic carbocycles. The van der Waals surface area contributed by atoms with Crippen LogP contribution in [0.15, 0.2) is 23.1 Å². The molecule has 82 valence electrons. The van der Waals surface area contributed by atoms with Crippen LogP contribution in [0.4, 0.5) is 0 Å². The molecule has 0 unspecified atom stereocenters. The number of nitrogens with one attached hydrogen (secondary N) is 1. The Morgan fingerprint density at radius 1 is 1.31 bits per heavy atom. The molecular formula is C11H7Cl2NO2. The molecule has 0 fully saturated rings. The highest BCUT2D eigenvalue weighted by molar-refractivity contribution is 6.45. The van der Waals surface area contributed by atoms with Crippen molar-refractivity contribution in [2.45, 2.75) is 6.92 Å². The summed E-state index contributed by atoms with van der Waals surface area (Å²) >= 11 is 11.8. The van der Waals surface area contributed by atoms with E-state index in [1.165, 1.54) is 19.2 Å². The second-order valence-corrected chi connectivity index (χ2v) is 4.16. The molecule has 0 saturated heterocycles. The Balaban J connectivity index is 2.93. The lowest BCUT2D eigenvalue weighted by Gasteiger charge is -2.03. The molecule has 0 aliphatic rings. The number of Topliss-reactive ketones (excluding diaryl/α,β-unsaturated/α-hetero) is 1. The quantitative estimate of drug-likeness (QED) is 0.797. The highest BCUT2D eigenvalue weighted by Gasteiger charge is 2.11. The molecule has 5 heteroatoms. The topological polar surface area (TPSA) is 49.9 Å². The number of hydrogen-bond acceptors (Lipinski definition) is 2. The molecule has 2 aromatic rings. The number of H-pyrrole nitrogens is 1. The smallest absolute Gasteiger partial charge is 0.200 e. The standard InChI is InChI=1S/C11H7Cl2NO2/c1-5(15)7-4-14-10-6(11(7)16)2-3-8(12)9(10)13/h2-4H,1H3,(H,14,16). The third-order valence-corrected chi connectivity index (χ3v) is 3.13. The summed E-state index contributed by atoms with van der Waals surface area (Å²) in [5, 5.41) is 1.01. The third-order valence-electron chi connectivity index (χ3n) is 2.32. The Bertz CT molecular complexity index is 646. The van der Waals surface area contributed by atoms with Gasteiger partial charge in [0.15, 0.2) is 11.2 Å². The Labute approximate surface area is 101 Å². The van der Waals surface area contributed by atoms with Crippen molar-refractivity contribution in [3.05, 3.63) is 44.2 Å². The fourth-order valence-corrected chi connectivity index (χ4v) is 1.87. The molecule has 0 aliphatic carbocycles. The van der Waals surface area contributed by atoms with Gasteiger partial charge in [-0.15, -0.1) is 0 Å². The van der Waals surface area contributed by atoms with Crippen molar-refractivity contribution in [2.24, 2.45) is 0 Å². The van der Waals surface area contributed by atoms with Crippen molar-refractivity contribution in [3.63, 3.8) is 0 Å². The van der Waals surface area contributed by atoms with Crippen molar-refractivity contribution in [3.8, 4) is 0 Å². The van der Waals surface area contributed by atoms with Crippen LogP contribution in [0.1, 0.15) is 17.3 Å². The van der Waals surface area contributed by atoms with Gasteiger partial charge in [0.2, 0.25) is 0 Å². The molecular weight excluding hydrogens is 249 g/mol. The third kappa shape index (κ3) is 1.62. The monoisotopic (exact) mass is 255 g/mol. The molecule has 16 heavy (non-hydrogen) atoms. The fraction of sp³-hybridized carbons (Fsp3) is 0.0909. The Morgan fingerprint density at radius 2 is 2.00 bits per heavy atom. The molecule has 1 heterocycles. The second-order valence-electron chi connectivity index (χ2n) is 3.37. The molecule has 0 bridgehead atoms. The highest BCUT2D eigenvalue weighted by atomic mass is 35.5. The second kappa shape index (κ2) is 3.92. The number of pyridine rings is 1. The summed E-state index contributed by atoms with van der Waals surface area (Å²) in [4.78, 5) is 25.9. The first-order valence-electron chi connectivity index (χ1n) is 4.52. The maximum atomic E-state index is 11.9. The van der Waals surface area contributed by atoms with Crippen molar-refractivity contribution >= 4 is 39.9 Å². The molecule has 1 aromatic heterocycles. The minimum atomic E-state index is -0.334. The number of aromatic nitrogens is 1. The van der Waals surface area contributed by atoms with Crippen molar-refractivity contribution < 1.29 is 4.79 Å². The van der Waals surface area contributed by atoms with E-state index in [9.17, 15) is 9.59 Å². The van der Waals surface area contributed by atoms with Gasteiger partial charge in [0, 0.05) is 11.6 Å². The Morgan fingerprint density at radius 3 is 2.62 bits per heavy atom. The normalized spacial score (nSPS) is 10.7. The van der Waals surface area contributed by atoms with Crippen LogP contribution in [0, 0.1) is 0 Å². The number of benzene rings is 1. The van der Waals surface area contributed by atoms with Crippen molar-refractivity contribution in [1.29, 1.82) is 0 Å². The molecule has 0 amide bonds. The van der Waals surface area contributed by atoms with E-state index in [0.717, 1.165) is 0 Å². The molecule has 0 radical (unpaired) electrons. The fourth-order valence-electron chi connectivity index (χ4n) is 1.50. The SMILES string of the molecule is CC(=O)c1c[nH]c2c(Cl)c(Cl)ccc2c1=O.